The van der Waals surface area contributed by atoms with E-state index in [2.05, 4.69) is 11.4 Å². The molecule has 0 bridgehead atoms. The number of hydrogen-bond acceptors (Lipinski definition) is 2. The quantitative estimate of drug-likeness (QED) is 0.696. The minimum absolute atomic E-state index is 0.0350. The smallest absolute Gasteiger partial charge is 0.282 e. The maximum absolute atomic E-state index is 13.0. The van der Waals surface area contributed by atoms with Crippen LogP contribution in [-0.2, 0) is 11.3 Å². The van der Waals surface area contributed by atoms with Crippen LogP contribution in [0.3, 0.4) is 0 Å². The molecule has 3 N–H and O–H groups in total. The number of piperazine rings is 1. The fraction of sp³-hybridized carbons (Fsp3) is 0.333. The van der Waals surface area contributed by atoms with Gasteiger partial charge >= 0.3 is 0 Å². The molecule has 27 heavy (non-hydrogen) atoms. The van der Waals surface area contributed by atoms with E-state index in [9.17, 15) is 9.18 Å². The topological polar surface area (TPSA) is 61.8 Å². The number of benzene rings is 2. The molecule has 6 heteroatoms. The third-order valence-electron chi connectivity index (χ3n) is 5.25. The second-order valence-electron chi connectivity index (χ2n) is 7.11. The largest absolute Gasteiger partial charge is 0.322 e. The lowest BCUT2D eigenvalue weighted by Gasteiger charge is -2.32. The van der Waals surface area contributed by atoms with Gasteiger partial charge in [-0.2, -0.15) is 5.26 Å². The highest BCUT2D eigenvalue weighted by Crippen LogP contribution is 2.08. The number of carbonyl (C=O) groups excluding carboxylic acids is 1. The molecule has 1 fully saturated rings. The Hall–Kier alpha value is -2.75. The minimum atomic E-state index is -0.312. The number of halogens is 1. The number of quaternary nitrogens is 2. The highest BCUT2D eigenvalue weighted by Gasteiger charge is 2.31. The number of amides is 1. The Bertz CT molecular complexity index is 806. The Balaban J connectivity index is 1.48. The van der Waals surface area contributed by atoms with Gasteiger partial charge in [0.15, 0.2) is 6.04 Å². The average Bonchev–Trinajstić information content (AvgIpc) is 2.70. The maximum Gasteiger partial charge on any atom is 0.282 e. The van der Waals surface area contributed by atoms with Gasteiger partial charge in [-0.25, -0.2) is 4.39 Å². The van der Waals surface area contributed by atoms with Gasteiger partial charge in [-0.15, -0.1) is 0 Å². The summed E-state index contributed by atoms with van der Waals surface area (Å²) < 4.78 is 13.0. The van der Waals surface area contributed by atoms with Gasteiger partial charge in [0.25, 0.3) is 5.91 Å². The first-order valence-corrected chi connectivity index (χ1v) is 9.29. The zero-order valence-electron chi connectivity index (χ0n) is 15.5. The van der Waals surface area contributed by atoms with Crippen LogP contribution in [0.15, 0.2) is 48.5 Å². The summed E-state index contributed by atoms with van der Waals surface area (Å²) in [5, 5.41) is 11.7. The first-order chi connectivity index (χ1) is 13.0. The number of nitrogens with zero attached hydrogens (tertiary/aromatic N) is 1. The summed E-state index contributed by atoms with van der Waals surface area (Å²) in [5.41, 5.74) is 2.54. The summed E-state index contributed by atoms with van der Waals surface area (Å²) in [6.07, 6.45) is 0. The van der Waals surface area contributed by atoms with Crippen molar-refractivity contribution in [1.82, 2.24) is 0 Å². The van der Waals surface area contributed by atoms with Gasteiger partial charge in [0.2, 0.25) is 0 Å². The number of nitrogens with one attached hydrogen (secondary N) is 3. The van der Waals surface area contributed by atoms with Crippen LogP contribution < -0.4 is 15.1 Å². The van der Waals surface area contributed by atoms with E-state index >= 15 is 0 Å². The van der Waals surface area contributed by atoms with Crippen molar-refractivity contribution in [3.05, 3.63) is 65.5 Å². The lowest BCUT2D eigenvalue weighted by atomic mass is 10.1. The van der Waals surface area contributed by atoms with E-state index in [4.69, 9.17) is 5.26 Å². The van der Waals surface area contributed by atoms with Crippen LogP contribution in [-0.4, -0.2) is 38.1 Å². The van der Waals surface area contributed by atoms with E-state index in [0.717, 1.165) is 32.7 Å². The number of rotatable bonds is 5. The minimum Gasteiger partial charge on any atom is -0.322 e. The first-order valence-electron chi connectivity index (χ1n) is 9.29. The van der Waals surface area contributed by atoms with Gasteiger partial charge in [0.05, 0.1) is 11.6 Å². The summed E-state index contributed by atoms with van der Waals surface area (Å²) in [5.74, 6) is -0.347. The highest BCUT2D eigenvalue weighted by molar-refractivity contribution is 5.93. The monoisotopic (exact) mass is 368 g/mol. The lowest BCUT2D eigenvalue weighted by molar-refractivity contribution is -1.02. The van der Waals surface area contributed by atoms with Crippen molar-refractivity contribution in [2.24, 2.45) is 0 Å². The van der Waals surface area contributed by atoms with Gasteiger partial charge in [0, 0.05) is 11.3 Å². The summed E-state index contributed by atoms with van der Waals surface area (Å²) in [7, 11) is 0. The third-order valence-corrected chi connectivity index (χ3v) is 5.25. The Morgan fingerprint density at radius 1 is 1.11 bits per heavy atom. The van der Waals surface area contributed by atoms with Crippen LogP contribution >= 0.6 is 0 Å². The Morgan fingerprint density at radius 3 is 2.33 bits per heavy atom. The van der Waals surface area contributed by atoms with Crippen LogP contribution in [0.5, 0.6) is 0 Å². The molecule has 5 nitrogen and oxygen atoms in total. The summed E-state index contributed by atoms with van der Waals surface area (Å²) in [6, 6.07) is 15.6. The van der Waals surface area contributed by atoms with Gasteiger partial charge < -0.3 is 15.1 Å². The molecule has 0 aromatic heterocycles. The summed E-state index contributed by atoms with van der Waals surface area (Å²) in [4.78, 5) is 15.2. The fourth-order valence-electron chi connectivity index (χ4n) is 3.49. The molecule has 0 spiro atoms. The molecule has 0 radical (unpaired) electrons. The van der Waals surface area contributed by atoms with Crippen LogP contribution in [0.4, 0.5) is 10.1 Å². The molecule has 140 valence electrons. The molecule has 1 amide bonds. The predicted octanol–water partition coefficient (Wildman–Crippen LogP) is 0.00798. The zero-order valence-corrected chi connectivity index (χ0v) is 15.5. The molecule has 0 unspecified atom stereocenters. The van der Waals surface area contributed by atoms with E-state index in [1.807, 2.05) is 31.2 Å². The first kappa shape index (κ1) is 19.0. The van der Waals surface area contributed by atoms with Gasteiger partial charge in [0.1, 0.15) is 38.5 Å². The second-order valence-corrected chi connectivity index (χ2v) is 7.11. The van der Waals surface area contributed by atoms with E-state index in [1.54, 1.807) is 12.1 Å². The molecule has 2 aromatic rings. The van der Waals surface area contributed by atoms with E-state index < -0.39 is 0 Å². The molecule has 1 aliphatic heterocycles. The summed E-state index contributed by atoms with van der Waals surface area (Å²) >= 11 is 0. The molecule has 0 saturated carbocycles. The Morgan fingerprint density at radius 2 is 1.74 bits per heavy atom. The molecule has 0 aliphatic carbocycles. The van der Waals surface area contributed by atoms with Crippen molar-refractivity contribution < 1.29 is 19.0 Å². The molecule has 2 aromatic carbocycles. The van der Waals surface area contributed by atoms with E-state index in [-0.39, 0.29) is 17.8 Å². The highest BCUT2D eigenvalue weighted by atomic mass is 19.1. The van der Waals surface area contributed by atoms with Crippen molar-refractivity contribution in [3.8, 4) is 6.07 Å². The van der Waals surface area contributed by atoms with Crippen molar-refractivity contribution in [1.29, 1.82) is 5.26 Å². The maximum atomic E-state index is 13.0. The summed E-state index contributed by atoms with van der Waals surface area (Å²) in [6.45, 7) is 6.76. The average molecular weight is 368 g/mol. The second kappa shape index (κ2) is 8.76. The Labute approximate surface area is 159 Å². The predicted molar refractivity (Wildman–Crippen MR) is 101 cm³/mol. The van der Waals surface area contributed by atoms with Crippen molar-refractivity contribution in [2.75, 3.05) is 31.5 Å². The standard InChI is InChI=1S/C21H23FN4O/c1-16(21(27)24-20-8-6-19(22)7-9-20)26-12-10-25(11-13-26)15-18-4-2-17(14-23)3-5-18/h2-9,16H,10-13,15H2,1H3,(H,24,27)/p+2/t16-/m0/s1. The number of hydrogen-bond donors (Lipinski definition) is 3. The molecule has 1 saturated heterocycles. The van der Waals surface area contributed by atoms with E-state index in [1.165, 1.54) is 27.5 Å². The Kier molecular flexibility index (Phi) is 6.17. The van der Waals surface area contributed by atoms with Crippen LogP contribution in [0.2, 0.25) is 0 Å². The number of nitriles is 1. The van der Waals surface area contributed by atoms with Crippen LogP contribution in [0.25, 0.3) is 0 Å². The van der Waals surface area contributed by atoms with Gasteiger partial charge in [-0.3, -0.25) is 4.79 Å². The lowest BCUT2D eigenvalue weighted by Crippen LogP contribution is -3.29. The fourth-order valence-corrected chi connectivity index (χ4v) is 3.49. The van der Waals surface area contributed by atoms with Crippen LogP contribution in [0, 0.1) is 17.1 Å². The van der Waals surface area contributed by atoms with Crippen molar-refractivity contribution in [2.45, 2.75) is 19.5 Å². The molecular weight excluding hydrogens is 343 g/mol. The molecule has 3 rings (SSSR count). The number of anilines is 1. The molecule has 1 heterocycles. The zero-order chi connectivity index (χ0) is 19.2. The SMILES string of the molecule is C[C@@H](C(=O)Nc1ccc(F)cc1)[NH+]1CC[NH+](Cc2ccc(C#N)cc2)CC1. The molecule has 1 atom stereocenters. The van der Waals surface area contributed by atoms with Crippen molar-refractivity contribution >= 4 is 11.6 Å². The van der Waals surface area contributed by atoms with Gasteiger partial charge in [-0.05, 0) is 43.3 Å². The molecular formula is C21H25FN4O+2. The van der Waals surface area contributed by atoms with Crippen molar-refractivity contribution in [3.63, 3.8) is 0 Å². The number of carbonyl (C=O) groups is 1. The van der Waals surface area contributed by atoms with E-state index in [0.29, 0.717) is 11.3 Å². The van der Waals surface area contributed by atoms with Gasteiger partial charge in [-0.1, -0.05) is 12.1 Å². The third kappa shape index (κ3) is 5.13. The normalized spacial score (nSPS) is 20.5. The van der Waals surface area contributed by atoms with Crippen LogP contribution in [0.1, 0.15) is 18.1 Å². The molecule has 1 aliphatic rings.